The molecule has 1 rings (SSSR count). The maximum atomic E-state index is 12.1. The molecule has 1 atom stereocenters. The maximum absolute atomic E-state index is 12.1. The number of nitrogens with one attached hydrogen (secondary N) is 2. The molecule has 4 N–H and O–H groups in total. The second kappa shape index (κ2) is 7.77. The highest BCUT2D eigenvalue weighted by Crippen LogP contribution is 2.32. The number of carbonyl (C=O) groups excluding carboxylic acids is 1. The van der Waals surface area contributed by atoms with Gasteiger partial charge in [-0.25, -0.2) is 0 Å². The number of nitrogens with zero attached hydrogens (tertiary/aromatic N) is 1. The monoisotopic (exact) mass is 316 g/mol. The van der Waals surface area contributed by atoms with Crippen molar-refractivity contribution < 1.29 is 14.5 Å². The number of ether oxygens (including phenoxy) is 1. The molecule has 21 heavy (non-hydrogen) atoms. The van der Waals surface area contributed by atoms with Crippen LogP contribution in [0.1, 0.15) is 23.7 Å². The number of nitrogens with two attached hydrogens (primary N) is 1. The number of hydrazine groups is 1. The Balaban J connectivity index is 3.08. The zero-order chi connectivity index (χ0) is 16.0. The van der Waals surface area contributed by atoms with Crippen LogP contribution >= 0.6 is 11.6 Å². The van der Waals surface area contributed by atoms with E-state index in [0.717, 1.165) is 6.07 Å². The topological polar surface area (TPSA) is 120 Å². The quantitative estimate of drug-likeness (QED) is 0.400. The van der Waals surface area contributed by atoms with Crippen LogP contribution in [-0.4, -0.2) is 30.6 Å². The average Bonchev–Trinajstić information content (AvgIpc) is 2.45. The Morgan fingerprint density at radius 3 is 2.71 bits per heavy atom. The van der Waals surface area contributed by atoms with E-state index in [9.17, 15) is 14.9 Å². The van der Waals surface area contributed by atoms with Gasteiger partial charge in [0.15, 0.2) is 0 Å². The minimum Gasteiger partial charge on any atom is -0.383 e. The van der Waals surface area contributed by atoms with Crippen LogP contribution in [0.25, 0.3) is 0 Å². The smallest absolute Gasteiger partial charge is 0.295 e. The van der Waals surface area contributed by atoms with Crippen molar-refractivity contribution in [1.82, 2.24) is 5.32 Å². The SMILES string of the molecule is CCC(COC)NC(=O)c1cc(Cl)c(NN)c([N+](=O)[O-])c1. The highest BCUT2D eigenvalue weighted by atomic mass is 35.5. The lowest BCUT2D eigenvalue weighted by atomic mass is 10.1. The fourth-order valence-electron chi connectivity index (χ4n) is 1.74. The summed E-state index contributed by atoms with van der Waals surface area (Å²) in [6.07, 6.45) is 0.665. The zero-order valence-corrected chi connectivity index (χ0v) is 12.4. The predicted octanol–water partition coefficient (Wildman–Crippen LogP) is 1.69. The van der Waals surface area contributed by atoms with Crippen molar-refractivity contribution in [3.63, 3.8) is 0 Å². The van der Waals surface area contributed by atoms with Crippen molar-refractivity contribution in [3.05, 3.63) is 32.8 Å². The number of nitro groups is 1. The number of hydrogen-bond donors (Lipinski definition) is 3. The van der Waals surface area contributed by atoms with Crippen molar-refractivity contribution in [2.24, 2.45) is 5.84 Å². The number of benzene rings is 1. The Bertz CT molecular complexity index is 538. The summed E-state index contributed by atoms with van der Waals surface area (Å²) >= 11 is 5.90. The van der Waals surface area contributed by atoms with Crippen molar-refractivity contribution in [2.75, 3.05) is 19.1 Å². The summed E-state index contributed by atoms with van der Waals surface area (Å²) in [5, 5.41) is 13.7. The summed E-state index contributed by atoms with van der Waals surface area (Å²) in [6.45, 7) is 2.24. The van der Waals surface area contributed by atoms with E-state index in [1.165, 1.54) is 13.2 Å². The molecule has 1 aromatic carbocycles. The summed E-state index contributed by atoms with van der Waals surface area (Å²) in [5.41, 5.74) is 1.84. The summed E-state index contributed by atoms with van der Waals surface area (Å²) in [6, 6.07) is 2.25. The number of anilines is 1. The first-order valence-corrected chi connectivity index (χ1v) is 6.56. The van der Waals surface area contributed by atoms with Crippen LogP contribution in [0.2, 0.25) is 5.02 Å². The summed E-state index contributed by atoms with van der Waals surface area (Å²) < 4.78 is 4.98. The van der Waals surface area contributed by atoms with E-state index in [4.69, 9.17) is 22.2 Å². The molecule has 0 heterocycles. The molecular formula is C12H17ClN4O4. The Morgan fingerprint density at radius 1 is 1.57 bits per heavy atom. The van der Waals surface area contributed by atoms with Crippen molar-refractivity contribution >= 4 is 28.9 Å². The van der Waals surface area contributed by atoms with E-state index in [1.807, 2.05) is 6.92 Å². The summed E-state index contributed by atoms with van der Waals surface area (Å²) in [5.74, 6) is 4.74. The first kappa shape index (κ1) is 17.2. The van der Waals surface area contributed by atoms with Gasteiger partial charge in [0.05, 0.1) is 22.6 Å². The van der Waals surface area contributed by atoms with Crippen LogP contribution in [0.4, 0.5) is 11.4 Å². The molecule has 1 unspecified atom stereocenters. The maximum Gasteiger partial charge on any atom is 0.295 e. The number of carbonyl (C=O) groups is 1. The third-order valence-electron chi connectivity index (χ3n) is 2.87. The first-order valence-electron chi connectivity index (χ1n) is 6.18. The van der Waals surface area contributed by atoms with Crippen molar-refractivity contribution in [3.8, 4) is 0 Å². The van der Waals surface area contributed by atoms with Crippen LogP contribution in [0.15, 0.2) is 12.1 Å². The number of halogens is 1. The second-order valence-electron chi connectivity index (χ2n) is 4.29. The first-order chi connectivity index (χ1) is 9.94. The van der Waals surface area contributed by atoms with E-state index in [1.54, 1.807) is 0 Å². The molecule has 1 amide bonds. The van der Waals surface area contributed by atoms with E-state index in [0.29, 0.717) is 13.0 Å². The Kier molecular flexibility index (Phi) is 6.35. The van der Waals surface area contributed by atoms with Gasteiger partial charge in [-0.05, 0) is 12.5 Å². The van der Waals surface area contributed by atoms with Gasteiger partial charge in [0.2, 0.25) is 0 Å². The molecule has 9 heteroatoms. The molecular weight excluding hydrogens is 300 g/mol. The Hall–Kier alpha value is -1.90. The molecule has 0 aliphatic heterocycles. The highest BCUT2D eigenvalue weighted by molar-refractivity contribution is 6.34. The molecule has 116 valence electrons. The lowest BCUT2D eigenvalue weighted by Crippen LogP contribution is -2.37. The van der Waals surface area contributed by atoms with Crippen LogP contribution < -0.4 is 16.6 Å². The van der Waals surface area contributed by atoms with Gasteiger partial charge >= 0.3 is 0 Å². The number of nitro benzene ring substituents is 1. The standard InChI is InChI=1S/C12H17ClN4O4/c1-3-8(6-21-2)15-12(18)7-4-9(13)11(16-14)10(5-7)17(19)20/h4-5,8,16H,3,6,14H2,1-2H3,(H,15,18). The molecule has 0 radical (unpaired) electrons. The molecule has 8 nitrogen and oxygen atoms in total. The van der Waals surface area contributed by atoms with Crippen LogP contribution in [0, 0.1) is 10.1 Å². The number of amides is 1. The van der Waals surface area contributed by atoms with E-state index in [2.05, 4.69) is 10.7 Å². The number of methoxy groups -OCH3 is 1. The zero-order valence-electron chi connectivity index (χ0n) is 11.7. The minimum atomic E-state index is -0.662. The fraction of sp³-hybridized carbons (Fsp3) is 0.417. The molecule has 1 aromatic rings. The third-order valence-corrected chi connectivity index (χ3v) is 3.17. The van der Waals surface area contributed by atoms with Gasteiger partial charge < -0.3 is 15.5 Å². The van der Waals surface area contributed by atoms with Crippen molar-refractivity contribution in [1.29, 1.82) is 0 Å². The van der Waals surface area contributed by atoms with Gasteiger partial charge in [0.25, 0.3) is 11.6 Å². The van der Waals surface area contributed by atoms with Crippen LogP contribution in [0.5, 0.6) is 0 Å². The molecule has 0 saturated heterocycles. The van der Waals surface area contributed by atoms with Gasteiger partial charge in [-0.3, -0.25) is 20.8 Å². The lowest BCUT2D eigenvalue weighted by Gasteiger charge is -2.16. The Labute approximate surface area is 126 Å². The van der Waals surface area contributed by atoms with Gasteiger partial charge in [-0.2, -0.15) is 0 Å². The van der Waals surface area contributed by atoms with E-state index in [-0.39, 0.29) is 28.0 Å². The molecule has 0 fully saturated rings. The van der Waals surface area contributed by atoms with E-state index < -0.39 is 10.8 Å². The Morgan fingerprint density at radius 2 is 2.24 bits per heavy atom. The van der Waals surface area contributed by atoms with Crippen LogP contribution in [0.3, 0.4) is 0 Å². The molecule has 0 spiro atoms. The second-order valence-corrected chi connectivity index (χ2v) is 4.69. The highest BCUT2D eigenvalue weighted by Gasteiger charge is 2.22. The van der Waals surface area contributed by atoms with Gasteiger partial charge in [-0.15, -0.1) is 0 Å². The largest absolute Gasteiger partial charge is 0.383 e. The molecule has 0 bridgehead atoms. The van der Waals surface area contributed by atoms with Gasteiger partial charge in [0.1, 0.15) is 5.69 Å². The van der Waals surface area contributed by atoms with E-state index >= 15 is 0 Å². The normalized spacial score (nSPS) is 11.8. The number of rotatable bonds is 7. The number of hydrogen-bond acceptors (Lipinski definition) is 6. The molecule has 0 aliphatic rings. The van der Waals surface area contributed by atoms with Crippen LogP contribution in [-0.2, 0) is 4.74 Å². The predicted molar refractivity (Wildman–Crippen MR) is 79.3 cm³/mol. The number of nitrogen functional groups attached to an aromatic ring is 1. The van der Waals surface area contributed by atoms with Crippen molar-refractivity contribution in [2.45, 2.75) is 19.4 Å². The van der Waals surface area contributed by atoms with Gasteiger partial charge in [-0.1, -0.05) is 18.5 Å². The fourth-order valence-corrected chi connectivity index (χ4v) is 2.01. The lowest BCUT2D eigenvalue weighted by molar-refractivity contribution is -0.384. The molecule has 0 aliphatic carbocycles. The minimum absolute atomic E-state index is 0.00311. The summed E-state index contributed by atoms with van der Waals surface area (Å²) in [4.78, 5) is 22.4. The molecule has 0 saturated carbocycles. The van der Waals surface area contributed by atoms with Gasteiger partial charge in [0, 0.05) is 18.7 Å². The molecule has 0 aromatic heterocycles. The third kappa shape index (κ3) is 4.28. The summed E-state index contributed by atoms with van der Waals surface area (Å²) in [7, 11) is 1.53. The average molecular weight is 317 g/mol.